The Bertz CT molecular complexity index is 845. The first-order chi connectivity index (χ1) is 12.7. The molecule has 2 atom stereocenters. The SMILES string of the molecule is OCc1ccc(CN2C[C@H](O)C[C@@H]2c2nc(Cc3ccccc3)no2)o1. The first kappa shape index (κ1) is 17.0. The van der Waals surface area contributed by atoms with Gasteiger partial charge in [0.25, 0.3) is 0 Å². The first-order valence-corrected chi connectivity index (χ1v) is 8.68. The summed E-state index contributed by atoms with van der Waals surface area (Å²) in [5.74, 6) is 2.41. The van der Waals surface area contributed by atoms with Crippen molar-refractivity contribution < 1.29 is 19.2 Å². The predicted octanol–water partition coefficient (Wildman–Crippen LogP) is 2.05. The van der Waals surface area contributed by atoms with Crippen LogP contribution in [-0.4, -0.2) is 37.9 Å². The van der Waals surface area contributed by atoms with Gasteiger partial charge in [-0.1, -0.05) is 35.5 Å². The summed E-state index contributed by atoms with van der Waals surface area (Å²) in [4.78, 5) is 6.59. The molecule has 0 bridgehead atoms. The van der Waals surface area contributed by atoms with Crippen LogP contribution in [0.4, 0.5) is 0 Å². The molecule has 4 rings (SSSR count). The molecule has 1 aliphatic rings. The van der Waals surface area contributed by atoms with Crippen molar-refractivity contribution in [1.29, 1.82) is 0 Å². The Balaban J connectivity index is 1.48. The van der Waals surface area contributed by atoms with Crippen LogP contribution in [0.15, 0.2) is 51.4 Å². The highest BCUT2D eigenvalue weighted by Gasteiger charge is 2.36. The van der Waals surface area contributed by atoms with Crippen molar-refractivity contribution in [2.45, 2.75) is 38.1 Å². The second-order valence-corrected chi connectivity index (χ2v) is 6.57. The molecule has 2 aromatic heterocycles. The zero-order valence-electron chi connectivity index (χ0n) is 14.3. The zero-order valence-corrected chi connectivity index (χ0v) is 14.3. The monoisotopic (exact) mass is 355 g/mol. The lowest BCUT2D eigenvalue weighted by Gasteiger charge is -2.19. The van der Waals surface area contributed by atoms with Gasteiger partial charge < -0.3 is 19.2 Å². The molecule has 0 amide bonds. The fourth-order valence-corrected chi connectivity index (χ4v) is 3.36. The van der Waals surface area contributed by atoms with Crippen LogP contribution in [-0.2, 0) is 19.6 Å². The van der Waals surface area contributed by atoms with Gasteiger partial charge >= 0.3 is 0 Å². The quantitative estimate of drug-likeness (QED) is 0.698. The van der Waals surface area contributed by atoms with E-state index < -0.39 is 6.10 Å². The van der Waals surface area contributed by atoms with Crippen molar-refractivity contribution in [3.05, 3.63) is 71.3 Å². The maximum atomic E-state index is 10.1. The number of nitrogens with zero attached hydrogens (tertiary/aromatic N) is 3. The van der Waals surface area contributed by atoms with Gasteiger partial charge in [0.2, 0.25) is 5.89 Å². The van der Waals surface area contributed by atoms with Gasteiger partial charge in [0.05, 0.1) is 18.7 Å². The summed E-state index contributed by atoms with van der Waals surface area (Å²) in [5.41, 5.74) is 1.12. The number of aromatic nitrogens is 2. The second-order valence-electron chi connectivity index (χ2n) is 6.57. The number of aliphatic hydroxyl groups is 2. The van der Waals surface area contributed by atoms with Crippen LogP contribution >= 0.6 is 0 Å². The maximum absolute atomic E-state index is 10.1. The number of benzene rings is 1. The number of β-amino-alcohol motifs (C(OH)–C–C–N with tert-alkyl or cyclic N) is 1. The van der Waals surface area contributed by atoms with E-state index in [0.29, 0.717) is 43.4 Å². The standard InChI is InChI=1S/C19H21N3O4/c23-12-16-7-6-15(25-16)11-22-10-14(24)9-17(22)19-20-18(21-26-19)8-13-4-2-1-3-5-13/h1-7,14,17,23-24H,8-12H2/t14-,17-/m1/s1. The number of hydrogen-bond donors (Lipinski definition) is 2. The molecule has 0 spiro atoms. The molecule has 1 saturated heterocycles. The van der Waals surface area contributed by atoms with E-state index >= 15 is 0 Å². The molecule has 2 N–H and O–H groups in total. The fraction of sp³-hybridized carbons (Fsp3) is 0.368. The molecule has 0 unspecified atom stereocenters. The van der Waals surface area contributed by atoms with Gasteiger partial charge in [-0.15, -0.1) is 0 Å². The normalized spacial score (nSPS) is 20.7. The van der Waals surface area contributed by atoms with E-state index in [1.165, 1.54) is 0 Å². The third-order valence-corrected chi connectivity index (χ3v) is 4.59. The number of aliphatic hydroxyl groups excluding tert-OH is 2. The average molecular weight is 355 g/mol. The molecule has 0 aliphatic carbocycles. The van der Waals surface area contributed by atoms with E-state index in [2.05, 4.69) is 15.0 Å². The lowest BCUT2D eigenvalue weighted by molar-refractivity contribution is 0.160. The van der Waals surface area contributed by atoms with Gasteiger partial charge in [-0.3, -0.25) is 4.90 Å². The van der Waals surface area contributed by atoms with Gasteiger partial charge in [0.15, 0.2) is 5.82 Å². The summed E-state index contributed by atoms with van der Waals surface area (Å²) >= 11 is 0. The van der Waals surface area contributed by atoms with E-state index in [-0.39, 0.29) is 12.6 Å². The Morgan fingerprint density at radius 1 is 1.12 bits per heavy atom. The summed E-state index contributed by atoms with van der Waals surface area (Å²) in [6.07, 6.45) is 0.704. The van der Waals surface area contributed by atoms with Crippen molar-refractivity contribution in [1.82, 2.24) is 15.0 Å². The molecular weight excluding hydrogens is 334 g/mol. The molecule has 7 heteroatoms. The maximum Gasteiger partial charge on any atom is 0.244 e. The highest BCUT2D eigenvalue weighted by atomic mass is 16.5. The van der Waals surface area contributed by atoms with E-state index in [0.717, 1.165) is 11.3 Å². The van der Waals surface area contributed by atoms with Crippen LogP contribution in [0, 0.1) is 0 Å². The molecule has 0 radical (unpaired) electrons. The van der Waals surface area contributed by atoms with Gasteiger partial charge in [0.1, 0.15) is 18.1 Å². The summed E-state index contributed by atoms with van der Waals surface area (Å²) < 4.78 is 11.0. The molecule has 3 aromatic rings. The van der Waals surface area contributed by atoms with E-state index in [4.69, 9.17) is 14.0 Å². The zero-order chi connectivity index (χ0) is 17.9. The highest BCUT2D eigenvalue weighted by Crippen LogP contribution is 2.33. The van der Waals surface area contributed by atoms with Crippen molar-refractivity contribution in [2.24, 2.45) is 0 Å². The lowest BCUT2D eigenvalue weighted by Crippen LogP contribution is -2.24. The predicted molar refractivity (Wildman–Crippen MR) is 92.0 cm³/mol. The summed E-state index contributed by atoms with van der Waals surface area (Å²) in [6.45, 7) is 0.896. The number of furan rings is 1. The third-order valence-electron chi connectivity index (χ3n) is 4.59. The van der Waals surface area contributed by atoms with Crippen LogP contribution in [0.3, 0.4) is 0 Å². The van der Waals surface area contributed by atoms with Gasteiger partial charge in [-0.2, -0.15) is 4.98 Å². The molecule has 3 heterocycles. The average Bonchev–Trinajstić information content (AvgIpc) is 3.36. The topological polar surface area (TPSA) is 95.8 Å². The van der Waals surface area contributed by atoms with Gasteiger partial charge in [-0.25, -0.2) is 0 Å². The second kappa shape index (κ2) is 7.41. The van der Waals surface area contributed by atoms with Crippen molar-refractivity contribution in [3.8, 4) is 0 Å². The van der Waals surface area contributed by atoms with Crippen molar-refractivity contribution in [2.75, 3.05) is 6.54 Å². The molecule has 26 heavy (non-hydrogen) atoms. The van der Waals surface area contributed by atoms with E-state index in [9.17, 15) is 5.11 Å². The highest BCUT2D eigenvalue weighted by molar-refractivity contribution is 5.18. The van der Waals surface area contributed by atoms with Crippen molar-refractivity contribution in [3.63, 3.8) is 0 Å². The van der Waals surface area contributed by atoms with E-state index in [1.54, 1.807) is 6.07 Å². The number of hydrogen-bond acceptors (Lipinski definition) is 7. The van der Waals surface area contributed by atoms with Crippen molar-refractivity contribution >= 4 is 0 Å². The first-order valence-electron chi connectivity index (χ1n) is 8.68. The lowest BCUT2D eigenvalue weighted by atomic mass is 10.1. The van der Waals surface area contributed by atoms with E-state index in [1.807, 2.05) is 36.4 Å². The number of rotatable bonds is 6. The Morgan fingerprint density at radius 2 is 1.92 bits per heavy atom. The molecule has 1 aliphatic heterocycles. The largest absolute Gasteiger partial charge is 0.462 e. The Labute approximate surface area is 150 Å². The molecule has 0 saturated carbocycles. The molecule has 7 nitrogen and oxygen atoms in total. The summed E-state index contributed by atoms with van der Waals surface area (Å²) in [6, 6.07) is 13.4. The van der Waals surface area contributed by atoms with Crippen LogP contribution in [0.5, 0.6) is 0 Å². The Hall–Kier alpha value is -2.48. The number of likely N-dealkylation sites (tertiary alicyclic amines) is 1. The molecule has 136 valence electrons. The summed E-state index contributed by atoms with van der Waals surface area (Å²) in [5, 5.41) is 23.3. The third kappa shape index (κ3) is 3.70. The summed E-state index contributed by atoms with van der Waals surface area (Å²) in [7, 11) is 0. The minimum atomic E-state index is -0.447. The Morgan fingerprint density at radius 3 is 2.69 bits per heavy atom. The molecule has 1 aromatic carbocycles. The van der Waals surface area contributed by atoms with Crippen LogP contribution in [0.25, 0.3) is 0 Å². The molecule has 1 fully saturated rings. The van der Waals surface area contributed by atoms with Crippen LogP contribution in [0.2, 0.25) is 0 Å². The Kier molecular flexibility index (Phi) is 4.83. The molecular formula is C19H21N3O4. The van der Waals surface area contributed by atoms with Crippen LogP contribution < -0.4 is 0 Å². The minimum Gasteiger partial charge on any atom is -0.462 e. The minimum absolute atomic E-state index is 0.126. The smallest absolute Gasteiger partial charge is 0.244 e. The van der Waals surface area contributed by atoms with Gasteiger partial charge in [0, 0.05) is 13.0 Å². The van der Waals surface area contributed by atoms with Gasteiger partial charge in [-0.05, 0) is 24.1 Å². The van der Waals surface area contributed by atoms with Crippen LogP contribution in [0.1, 0.15) is 41.3 Å². The fourth-order valence-electron chi connectivity index (χ4n) is 3.36.